The molecule has 2 heterocycles. The molecule has 1 aliphatic carbocycles. The molecule has 4 nitrogen and oxygen atoms in total. The maximum atomic E-state index is 6.13. The van der Waals surface area contributed by atoms with E-state index in [2.05, 4.69) is 4.68 Å². The van der Waals surface area contributed by atoms with Crippen LogP contribution in [-0.2, 0) is 0 Å². The number of aryl methyl sites for hydroxylation is 2. The highest BCUT2D eigenvalue weighted by Gasteiger charge is 2.20. The smallest absolute Gasteiger partial charge is 0.119 e. The highest BCUT2D eigenvalue weighted by atomic mass is 16.3. The number of hydrogen-bond donors (Lipinski definition) is 1. The second kappa shape index (κ2) is 4.76. The molecule has 0 aliphatic heterocycles. The van der Waals surface area contributed by atoms with Gasteiger partial charge in [0.15, 0.2) is 0 Å². The van der Waals surface area contributed by atoms with Crippen LogP contribution in [-0.4, -0.2) is 9.78 Å². The van der Waals surface area contributed by atoms with Gasteiger partial charge in [-0.3, -0.25) is 4.68 Å². The Kier molecular flexibility index (Phi) is 3.09. The first-order chi connectivity index (χ1) is 9.15. The minimum Gasteiger partial charge on any atom is -0.466 e. The minimum absolute atomic E-state index is 0.512. The van der Waals surface area contributed by atoms with Gasteiger partial charge >= 0.3 is 0 Å². The molecule has 3 rings (SSSR count). The number of nitrogens with two attached hydrogens (primary N) is 1. The van der Waals surface area contributed by atoms with Crippen molar-refractivity contribution < 1.29 is 4.42 Å². The van der Waals surface area contributed by atoms with Crippen molar-refractivity contribution in [2.45, 2.75) is 52.0 Å². The van der Waals surface area contributed by atoms with Gasteiger partial charge in [0.25, 0.3) is 0 Å². The predicted octanol–water partition coefficient (Wildman–Crippen LogP) is 3.85. The molecular formula is C15H21N3O. The second-order valence-corrected chi connectivity index (χ2v) is 5.53. The summed E-state index contributed by atoms with van der Waals surface area (Å²) in [7, 11) is 0. The summed E-state index contributed by atoms with van der Waals surface area (Å²) in [6.07, 6.45) is 8.34. The Morgan fingerprint density at radius 2 is 2.00 bits per heavy atom. The van der Waals surface area contributed by atoms with Crippen LogP contribution >= 0.6 is 0 Å². The van der Waals surface area contributed by atoms with Crippen LogP contribution in [0.25, 0.3) is 11.3 Å². The molecule has 1 saturated carbocycles. The predicted molar refractivity (Wildman–Crippen MR) is 75.9 cm³/mol. The number of nitrogens with zero attached hydrogens (tertiary/aromatic N) is 2. The van der Waals surface area contributed by atoms with Crippen LogP contribution in [0.1, 0.15) is 49.7 Å². The van der Waals surface area contributed by atoms with Gasteiger partial charge in [-0.1, -0.05) is 19.3 Å². The second-order valence-electron chi connectivity index (χ2n) is 5.53. The summed E-state index contributed by atoms with van der Waals surface area (Å²) < 4.78 is 7.63. The molecular weight excluding hydrogens is 238 g/mol. The summed E-state index contributed by atoms with van der Waals surface area (Å²) in [5.74, 6) is 1.79. The monoisotopic (exact) mass is 259 g/mol. The van der Waals surface area contributed by atoms with Gasteiger partial charge in [0.05, 0.1) is 11.7 Å². The third-order valence-electron chi connectivity index (χ3n) is 4.01. The Morgan fingerprint density at radius 3 is 2.63 bits per heavy atom. The first-order valence-electron chi connectivity index (χ1n) is 7.07. The largest absolute Gasteiger partial charge is 0.466 e. The molecule has 0 aromatic carbocycles. The fourth-order valence-electron chi connectivity index (χ4n) is 3.01. The molecule has 19 heavy (non-hydrogen) atoms. The Morgan fingerprint density at radius 1 is 1.26 bits per heavy atom. The van der Waals surface area contributed by atoms with Crippen molar-refractivity contribution in [1.82, 2.24) is 9.78 Å². The molecule has 0 spiro atoms. The van der Waals surface area contributed by atoms with Crippen molar-refractivity contribution in [2.24, 2.45) is 0 Å². The van der Waals surface area contributed by atoms with Crippen LogP contribution in [0.2, 0.25) is 0 Å². The van der Waals surface area contributed by atoms with Crippen molar-refractivity contribution in [3.63, 3.8) is 0 Å². The van der Waals surface area contributed by atoms with Crippen LogP contribution < -0.4 is 5.73 Å². The fraction of sp³-hybridized carbons (Fsp3) is 0.533. The van der Waals surface area contributed by atoms with Crippen LogP contribution in [0.4, 0.5) is 5.69 Å². The van der Waals surface area contributed by atoms with E-state index in [-0.39, 0.29) is 0 Å². The lowest BCUT2D eigenvalue weighted by Crippen LogP contribution is -2.13. The molecule has 2 N–H and O–H groups in total. The van der Waals surface area contributed by atoms with E-state index in [0.29, 0.717) is 6.04 Å². The third kappa shape index (κ3) is 2.27. The third-order valence-corrected chi connectivity index (χ3v) is 4.01. The average Bonchev–Trinajstić information content (AvgIpc) is 2.93. The summed E-state index contributed by atoms with van der Waals surface area (Å²) >= 11 is 0. The van der Waals surface area contributed by atoms with E-state index >= 15 is 0 Å². The molecule has 0 bridgehead atoms. The molecule has 102 valence electrons. The Bertz CT molecular complexity index is 576. The summed E-state index contributed by atoms with van der Waals surface area (Å²) in [6.45, 7) is 3.91. The molecule has 0 amide bonds. The summed E-state index contributed by atoms with van der Waals surface area (Å²) in [6, 6.07) is 2.53. The van der Waals surface area contributed by atoms with Crippen LogP contribution in [0.15, 0.2) is 16.7 Å². The first-order valence-corrected chi connectivity index (χ1v) is 7.07. The van der Waals surface area contributed by atoms with E-state index in [4.69, 9.17) is 15.2 Å². The van der Waals surface area contributed by atoms with Crippen molar-refractivity contribution in [3.05, 3.63) is 23.8 Å². The van der Waals surface area contributed by atoms with Gasteiger partial charge in [-0.05, 0) is 32.8 Å². The number of furan rings is 1. The van der Waals surface area contributed by atoms with Crippen molar-refractivity contribution in [2.75, 3.05) is 5.73 Å². The normalized spacial score (nSPS) is 16.9. The molecule has 1 fully saturated rings. The molecule has 1 aliphatic rings. The van der Waals surface area contributed by atoms with E-state index < -0.39 is 0 Å². The maximum absolute atomic E-state index is 6.13. The number of aromatic nitrogens is 2. The van der Waals surface area contributed by atoms with Crippen molar-refractivity contribution >= 4 is 5.69 Å². The van der Waals surface area contributed by atoms with Gasteiger partial charge in [-0.2, -0.15) is 5.10 Å². The zero-order valence-electron chi connectivity index (χ0n) is 11.6. The maximum Gasteiger partial charge on any atom is 0.119 e. The number of anilines is 1. The van der Waals surface area contributed by atoms with Gasteiger partial charge in [0.2, 0.25) is 0 Å². The standard InChI is InChI=1S/C15H21N3O/c1-10-8-13(11(2)19-10)15-14(16)9-18(17-15)12-6-4-3-5-7-12/h8-9,12H,3-7,16H2,1-2H3. The highest BCUT2D eigenvalue weighted by Crippen LogP contribution is 2.33. The lowest BCUT2D eigenvalue weighted by atomic mass is 9.96. The SMILES string of the molecule is Cc1cc(-c2nn(C3CCCCC3)cc2N)c(C)o1. The Hall–Kier alpha value is -1.71. The van der Waals surface area contributed by atoms with Gasteiger partial charge in [0, 0.05) is 11.8 Å². The number of nitrogen functional groups attached to an aromatic ring is 1. The van der Waals surface area contributed by atoms with Crippen molar-refractivity contribution in [3.8, 4) is 11.3 Å². The number of hydrogen-bond acceptors (Lipinski definition) is 3. The van der Waals surface area contributed by atoms with Gasteiger partial charge in [0.1, 0.15) is 17.2 Å². The van der Waals surface area contributed by atoms with E-state index in [1.807, 2.05) is 26.1 Å². The van der Waals surface area contributed by atoms with Crippen LogP contribution in [0, 0.1) is 13.8 Å². The Labute approximate surface area is 113 Å². The fourth-order valence-corrected chi connectivity index (χ4v) is 3.01. The highest BCUT2D eigenvalue weighted by molar-refractivity contribution is 5.73. The van der Waals surface area contributed by atoms with E-state index in [0.717, 1.165) is 28.5 Å². The van der Waals surface area contributed by atoms with Crippen LogP contribution in [0.5, 0.6) is 0 Å². The molecule has 0 saturated heterocycles. The minimum atomic E-state index is 0.512. The zero-order chi connectivity index (χ0) is 13.4. The quantitative estimate of drug-likeness (QED) is 0.891. The molecule has 0 unspecified atom stereocenters. The molecule has 2 aromatic rings. The van der Waals surface area contributed by atoms with Crippen LogP contribution in [0.3, 0.4) is 0 Å². The lowest BCUT2D eigenvalue weighted by molar-refractivity contribution is 0.330. The summed E-state index contributed by atoms with van der Waals surface area (Å²) in [4.78, 5) is 0. The van der Waals surface area contributed by atoms with E-state index in [9.17, 15) is 0 Å². The molecule has 2 aromatic heterocycles. The average molecular weight is 259 g/mol. The number of rotatable bonds is 2. The molecule has 4 heteroatoms. The molecule has 0 radical (unpaired) electrons. The Balaban J connectivity index is 1.95. The summed E-state index contributed by atoms with van der Waals surface area (Å²) in [5, 5.41) is 4.71. The van der Waals surface area contributed by atoms with Gasteiger partial charge < -0.3 is 10.2 Å². The summed E-state index contributed by atoms with van der Waals surface area (Å²) in [5.41, 5.74) is 8.76. The first kappa shape index (κ1) is 12.3. The van der Waals surface area contributed by atoms with E-state index in [1.54, 1.807) is 0 Å². The molecule has 0 atom stereocenters. The van der Waals surface area contributed by atoms with Gasteiger partial charge in [-0.25, -0.2) is 0 Å². The van der Waals surface area contributed by atoms with E-state index in [1.165, 1.54) is 32.1 Å². The topological polar surface area (TPSA) is 57.0 Å². The zero-order valence-corrected chi connectivity index (χ0v) is 11.6. The van der Waals surface area contributed by atoms with Gasteiger partial charge in [-0.15, -0.1) is 0 Å². The lowest BCUT2D eigenvalue weighted by Gasteiger charge is -2.21. The van der Waals surface area contributed by atoms with Crippen molar-refractivity contribution in [1.29, 1.82) is 0 Å².